The lowest BCUT2D eigenvalue weighted by atomic mass is 10.1. The molecule has 2 aliphatic heterocycles. The number of fused-ring (bicyclic) bond motifs is 1. The zero-order valence-corrected chi connectivity index (χ0v) is 11.6. The van der Waals surface area contributed by atoms with Crippen LogP contribution in [-0.2, 0) is 21.2 Å². The molecule has 0 spiro atoms. The quantitative estimate of drug-likeness (QED) is 0.888. The molecular weight excluding hydrogens is 282 g/mol. The predicted octanol–water partition coefficient (Wildman–Crippen LogP) is 0.717. The highest BCUT2D eigenvalue weighted by molar-refractivity contribution is 7.89. The molecule has 0 saturated carbocycles. The Bertz CT molecular complexity index is 655. The predicted molar refractivity (Wildman–Crippen MR) is 70.1 cm³/mol. The number of carbonyl (C=O) groups is 1. The van der Waals surface area contributed by atoms with E-state index in [-0.39, 0.29) is 18.0 Å². The van der Waals surface area contributed by atoms with Gasteiger partial charge in [-0.2, -0.15) is 4.31 Å². The molecule has 1 aromatic carbocycles. The van der Waals surface area contributed by atoms with Crippen LogP contribution in [0.2, 0.25) is 0 Å². The van der Waals surface area contributed by atoms with Gasteiger partial charge >= 0.3 is 5.97 Å². The van der Waals surface area contributed by atoms with Gasteiger partial charge in [0.2, 0.25) is 10.0 Å². The van der Waals surface area contributed by atoms with Crippen molar-refractivity contribution < 1.29 is 23.1 Å². The van der Waals surface area contributed by atoms with Crippen molar-refractivity contribution in [3.63, 3.8) is 0 Å². The molecule has 6 nitrogen and oxygen atoms in total. The molecule has 1 N–H and O–H groups in total. The number of carboxylic acids is 1. The first kappa shape index (κ1) is 13.4. The fourth-order valence-corrected chi connectivity index (χ4v) is 4.17. The van der Waals surface area contributed by atoms with Gasteiger partial charge in [0.25, 0.3) is 0 Å². The molecule has 20 heavy (non-hydrogen) atoms. The van der Waals surface area contributed by atoms with Gasteiger partial charge in [0.05, 0.1) is 17.4 Å². The van der Waals surface area contributed by atoms with Gasteiger partial charge in [0.1, 0.15) is 5.75 Å². The number of ether oxygens (including phenoxy) is 1. The van der Waals surface area contributed by atoms with E-state index >= 15 is 0 Å². The van der Waals surface area contributed by atoms with E-state index in [4.69, 9.17) is 9.84 Å². The lowest BCUT2D eigenvalue weighted by Gasteiger charge is -2.16. The number of carboxylic acid groups (broad SMARTS) is 1. The highest BCUT2D eigenvalue weighted by atomic mass is 32.2. The lowest BCUT2D eigenvalue weighted by Crippen LogP contribution is -2.30. The number of rotatable bonds is 3. The molecule has 2 heterocycles. The Balaban J connectivity index is 1.87. The minimum Gasteiger partial charge on any atom is -0.493 e. The average molecular weight is 297 g/mol. The Hall–Kier alpha value is -1.60. The number of benzene rings is 1. The van der Waals surface area contributed by atoms with Crippen molar-refractivity contribution in [3.05, 3.63) is 23.8 Å². The van der Waals surface area contributed by atoms with Crippen molar-refractivity contribution in [1.29, 1.82) is 0 Å². The Morgan fingerprint density at radius 2 is 2.20 bits per heavy atom. The van der Waals surface area contributed by atoms with Crippen LogP contribution in [0.1, 0.15) is 12.0 Å². The van der Waals surface area contributed by atoms with E-state index in [1.807, 2.05) is 0 Å². The molecule has 1 aromatic rings. The number of aliphatic carboxylic acids is 1. The smallest absolute Gasteiger partial charge is 0.307 e. The van der Waals surface area contributed by atoms with Gasteiger partial charge in [-0.3, -0.25) is 4.79 Å². The summed E-state index contributed by atoms with van der Waals surface area (Å²) >= 11 is 0. The molecule has 1 saturated heterocycles. The van der Waals surface area contributed by atoms with E-state index in [1.54, 1.807) is 12.1 Å². The van der Waals surface area contributed by atoms with E-state index < -0.39 is 21.9 Å². The van der Waals surface area contributed by atoms with Crippen LogP contribution >= 0.6 is 0 Å². The molecule has 2 aliphatic rings. The highest BCUT2D eigenvalue weighted by Gasteiger charge is 2.36. The van der Waals surface area contributed by atoms with Gasteiger partial charge in [-0.05, 0) is 30.2 Å². The van der Waals surface area contributed by atoms with E-state index in [0.717, 1.165) is 11.3 Å². The number of nitrogens with zero attached hydrogens (tertiary/aromatic N) is 1. The van der Waals surface area contributed by atoms with Crippen molar-refractivity contribution in [3.8, 4) is 5.75 Å². The fraction of sp³-hybridized carbons (Fsp3) is 0.462. The molecule has 108 valence electrons. The monoisotopic (exact) mass is 297 g/mol. The van der Waals surface area contributed by atoms with Gasteiger partial charge in [-0.15, -0.1) is 0 Å². The minimum atomic E-state index is -3.61. The zero-order chi connectivity index (χ0) is 14.3. The summed E-state index contributed by atoms with van der Waals surface area (Å²) in [5, 5.41) is 8.96. The number of hydrogen-bond acceptors (Lipinski definition) is 4. The molecule has 1 fully saturated rings. The maximum atomic E-state index is 12.5. The first-order valence-electron chi connectivity index (χ1n) is 6.47. The maximum Gasteiger partial charge on any atom is 0.307 e. The third-order valence-corrected chi connectivity index (χ3v) is 5.66. The third kappa shape index (κ3) is 2.16. The zero-order valence-electron chi connectivity index (χ0n) is 10.8. The van der Waals surface area contributed by atoms with Crippen molar-refractivity contribution in [2.45, 2.75) is 17.7 Å². The van der Waals surface area contributed by atoms with E-state index in [0.29, 0.717) is 19.4 Å². The second-order valence-electron chi connectivity index (χ2n) is 5.05. The summed E-state index contributed by atoms with van der Waals surface area (Å²) in [6, 6.07) is 4.82. The number of sulfonamides is 1. The normalized spacial score (nSPS) is 22.5. The molecule has 0 bridgehead atoms. The van der Waals surface area contributed by atoms with E-state index in [1.165, 1.54) is 10.4 Å². The van der Waals surface area contributed by atoms with Crippen LogP contribution < -0.4 is 4.74 Å². The van der Waals surface area contributed by atoms with Gasteiger partial charge < -0.3 is 9.84 Å². The molecule has 7 heteroatoms. The first-order chi connectivity index (χ1) is 9.48. The lowest BCUT2D eigenvalue weighted by molar-refractivity contribution is -0.141. The second kappa shape index (κ2) is 4.75. The average Bonchev–Trinajstić information content (AvgIpc) is 3.07. The summed E-state index contributed by atoms with van der Waals surface area (Å²) in [5.41, 5.74) is 0.889. The van der Waals surface area contributed by atoms with Crippen LogP contribution in [0.4, 0.5) is 0 Å². The van der Waals surface area contributed by atoms with Crippen LogP contribution in [0.3, 0.4) is 0 Å². The molecule has 0 amide bonds. The minimum absolute atomic E-state index is 0.0469. The molecule has 3 rings (SSSR count). The summed E-state index contributed by atoms with van der Waals surface area (Å²) in [7, 11) is -3.61. The van der Waals surface area contributed by atoms with Crippen molar-refractivity contribution >= 4 is 16.0 Å². The topological polar surface area (TPSA) is 83.9 Å². The van der Waals surface area contributed by atoms with Crippen molar-refractivity contribution in [1.82, 2.24) is 4.31 Å². The second-order valence-corrected chi connectivity index (χ2v) is 6.99. The van der Waals surface area contributed by atoms with Gasteiger partial charge in [-0.1, -0.05) is 0 Å². The Labute approximate surface area is 117 Å². The Morgan fingerprint density at radius 1 is 1.40 bits per heavy atom. The molecule has 0 aliphatic carbocycles. The van der Waals surface area contributed by atoms with Crippen LogP contribution in [0, 0.1) is 5.92 Å². The van der Waals surface area contributed by atoms with Gasteiger partial charge in [0, 0.05) is 19.5 Å². The number of hydrogen-bond donors (Lipinski definition) is 1. The van der Waals surface area contributed by atoms with Gasteiger partial charge in [-0.25, -0.2) is 8.42 Å². The molecular formula is C13H15NO5S. The molecule has 0 aromatic heterocycles. The standard InChI is InChI=1S/C13H15NO5S/c15-13(16)10-3-5-14(8-10)20(17,18)11-1-2-12-9(7-11)4-6-19-12/h1-2,7,10H,3-6,8H2,(H,15,16)/t10-/m0/s1. The third-order valence-electron chi connectivity index (χ3n) is 3.80. The van der Waals surface area contributed by atoms with Crippen molar-refractivity contribution in [2.75, 3.05) is 19.7 Å². The molecule has 0 unspecified atom stereocenters. The van der Waals surface area contributed by atoms with E-state index in [9.17, 15) is 13.2 Å². The largest absolute Gasteiger partial charge is 0.493 e. The highest BCUT2D eigenvalue weighted by Crippen LogP contribution is 2.30. The molecule has 0 radical (unpaired) electrons. The maximum absolute atomic E-state index is 12.5. The SMILES string of the molecule is O=C(O)[C@H]1CCN(S(=O)(=O)c2ccc3c(c2)CCO3)C1. The van der Waals surface area contributed by atoms with Crippen LogP contribution in [0.5, 0.6) is 5.75 Å². The van der Waals surface area contributed by atoms with Crippen molar-refractivity contribution in [2.24, 2.45) is 5.92 Å². The summed E-state index contributed by atoms with van der Waals surface area (Å²) < 4.78 is 31.6. The fourth-order valence-electron chi connectivity index (χ4n) is 2.62. The van der Waals surface area contributed by atoms with Crippen LogP contribution in [0.25, 0.3) is 0 Å². The summed E-state index contributed by atoms with van der Waals surface area (Å²) in [6.07, 6.45) is 1.07. The summed E-state index contributed by atoms with van der Waals surface area (Å²) in [6.45, 7) is 0.877. The van der Waals surface area contributed by atoms with E-state index in [2.05, 4.69) is 0 Å². The molecule has 1 atom stereocenters. The Morgan fingerprint density at radius 3 is 2.90 bits per heavy atom. The summed E-state index contributed by atoms with van der Waals surface area (Å²) in [5.74, 6) is -0.818. The Kier molecular flexibility index (Phi) is 3.18. The first-order valence-corrected chi connectivity index (χ1v) is 7.91. The van der Waals surface area contributed by atoms with Crippen LogP contribution in [0.15, 0.2) is 23.1 Å². The van der Waals surface area contributed by atoms with Crippen LogP contribution in [-0.4, -0.2) is 43.5 Å². The summed E-state index contributed by atoms with van der Waals surface area (Å²) in [4.78, 5) is 11.1. The van der Waals surface area contributed by atoms with Gasteiger partial charge in [0.15, 0.2) is 0 Å².